The van der Waals surface area contributed by atoms with E-state index in [1.54, 1.807) is 15.7 Å². The van der Waals surface area contributed by atoms with Gasteiger partial charge in [-0.2, -0.15) is 17.0 Å². The summed E-state index contributed by atoms with van der Waals surface area (Å²) >= 11 is 0. The molecule has 0 spiro atoms. The van der Waals surface area contributed by atoms with Crippen LogP contribution in [0.25, 0.3) is 0 Å². The second-order valence-corrected chi connectivity index (χ2v) is 8.67. The Balaban J connectivity index is 1.91. The Hall–Kier alpha value is -0.210. The van der Waals surface area contributed by atoms with Crippen molar-refractivity contribution >= 4 is 10.2 Å². The first-order valence-corrected chi connectivity index (χ1v) is 9.43. The zero-order valence-corrected chi connectivity index (χ0v) is 14.2. The van der Waals surface area contributed by atoms with Crippen molar-refractivity contribution in [1.82, 2.24) is 13.5 Å². The highest BCUT2D eigenvalue weighted by Crippen LogP contribution is 2.22. The highest BCUT2D eigenvalue weighted by molar-refractivity contribution is 7.86. The average Bonchev–Trinajstić information content (AvgIpc) is 2.49. The molecular formula is C14H30N4O2S. The first-order valence-electron chi connectivity index (χ1n) is 8.03. The highest BCUT2D eigenvalue weighted by Gasteiger charge is 2.32. The third kappa shape index (κ3) is 4.39. The first-order chi connectivity index (χ1) is 9.93. The molecule has 21 heavy (non-hydrogen) atoms. The molecule has 2 aliphatic heterocycles. The lowest BCUT2D eigenvalue weighted by Crippen LogP contribution is -2.49. The van der Waals surface area contributed by atoms with E-state index in [0.29, 0.717) is 38.0 Å². The molecule has 0 amide bonds. The molecular weight excluding hydrogens is 288 g/mol. The van der Waals surface area contributed by atoms with Crippen LogP contribution in [-0.2, 0) is 10.2 Å². The van der Waals surface area contributed by atoms with Crippen LogP contribution in [0.1, 0.15) is 25.7 Å². The van der Waals surface area contributed by atoms with Crippen molar-refractivity contribution < 1.29 is 8.42 Å². The Morgan fingerprint density at radius 2 is 1.81 bits per heavy atom. The zero-order valence-electron chi connectivity index (χ0n) is 13.4. The van der Waals surface area contributed by atoms with Crippen LogP contribution in [0, 0.1) is 11.8 Å². The van der Waals surface area contributed by atoms with Gasteiger partial charge >= 0.3 is 0 Å². The number of hydrogen-bond acceptors (Lipinski definition) is 4. The molecule has 2 fully saturated rings. The van der Waals surface area contributed by atoms with Gasteiger partial charge in [0.15, 0.2) is 0 Å². The monoisotopic (exact) mass is 318 g/mol. The summed E-state index contributed by atoms with van der Waals surface area (Å²) in [6.45, 7) is 4.56. The summed E-state index contributed by atoms with van der Waals surface area (Å²) in [5, 5.41) is 0. The second kappa shape index (κ2) is 7.37. The van der Waals surface area contributed by atoms with E-state index in [-0.39, 0.29) is 0 Å². The van der Waals surface area contributed by atoms with Crippen LogP contribution < -0.4 is 5.73 Å². The lowest BCUT2D eigenvalue weighted by molar-refractivity contribution is 0.195. The minimum absolute atomic E-state index is 0.310. The Morgan fingerprint density at radius 1 is 1.14 bits per heavy atom. The van der Waals surface area contributed by atoms with E-state index in [1.807, 2.05) is 0 Å². The Morgan fingerprint density at radius 3 is 2.43 bits per heavy atom. The van der Waals surface area contributed by atoms with Gasteiger partial charge in [0.05, 0.1) is 0 Å². The molecule has 0 aliphatic carbocycles. The maximum Gasteiger partial charge on any atom is 0.281 e. The number of nitrogens with zero attached hydrogens (tertiary/aromatic N) is 3. The van der Waals surface area contributed by atoms with Gasteiger partial charge < -0.3 is 10.6 Å². The predicted molar refractivity (Wildman–Crippen MR) is 85.1 cm³/mol. The Bertz CT molecular complexity index is 421. The number of rotatable bonds is 5. The van der Waals surface area contributed by atoms with Crippen molar-refractivity contribution in [2.45, 2.75) is 25.7 Å². The summed E-state index contributed by atoms with van der Waals surface area (Å²) in [6, 6.07) is 0. The highest BCUT2D eigenvalue weighted by atomic mass is 32.2. The third-order valence-electron chi connectivity index (χ3n) is 4.89. The molecule has 0 saturated carbocycles. The standard InChI is InChI=1S/C14H30N4O2S/c1-16-8-5-13(6-9-16)11-17(2)21(19,20)18-7-3-4-14(10-15)12-18/h13-14H,3-12,15H2,1-2H3. The van der Waals surface area contributed by atoms with Gasteiger partial charge in [-0.05, 0) is 64.2 Å². The van der Waals surface area contributed by atoms with E-state index in [9.17, 15) is 8.42 Å². The molecule has 7 heteroatoms. The molecule has 0 bridgehead atoms. The molecule has 0 radical (unpaired) electrons. The molecule has 2 rings (SSSR count). The van der Waals surface area contributed by atoms with E-state index in [0.717, 1.165) is 38.8 Å². The molecule has 2 heterocycles. The quantitative estimate of drug-likeness (QED) is 0.785. The van der Waals surface area contributed by atoms with Gasteiger partial charge in [0.25, 0.3) is 10.2 Å². The molecule has 2 N–H and O–H groups in total. The van der Waals surface area contributed by atoms with Crippen molar-refractivity contribution in [3.8, 4) is 0 Å². The van der Waals surface area contributed by atoms with Crippen molar-refractivity contribution in [3.05, 3.63) is 0 Å². The molecule has 0 aromatic heterocycles. The van der Waals surface area contributed by atoms with Gasteiger partial charge in [-0.15, -0.1) is 0 Å². The molecule has 2 saturated heterocycles. The zero-order chi connectivity index (χ0) is 15.5. The molecule has 0 aromatic rings. The largest absolute Gasteiger partial charge is 0.330 e. The van der Waals surface area contributed by atoms with Crippen LogP contribution in [0.2, 0.25) is 0 Å². The van der Waals surface area contributed by atoms with Gasteiger partial charge in [-0.1, -0.05) is 0 Å². The van der Waals surface area contributed by atoms with Crippen LogP contribution in [-0.4, -0.2) is 75.3 Å². The lowest BCUT2D eigenvalue weighted by atomic mass is 9.97. The summed E-state index contributed by atoms with van der Waals surface area (Å²) in [4.78, 5) is 2.31. The van der Waals surface area contributed by atoms with Gasteiger partial charge in [0.1, 0.15) is 0 Å². The summed E-state index contributed by atoms with van der Waals surface area (Å²) in [5.41, 5.74) is 5.71. The molecule has 2 aliphatic rings. The van der Waals surface area contributed by atoms with Crippen LogP contribution in [0.4, 0.5) is 0 Å². The minimum Gasteiger partial charge on any atom is -0.330 e. The maximum absolute atomic E-state index is 12.7. The van der Waals surface area contributed by atoms with Gasteiger partial charge in [0.2, 0.25) is 0 Å². The van der Waals surface area contributed by atoms with Crippen LogP contribution in [0.3, 0.4) is 0 Å². The van der Waals surface area contributed by atoms with E-state index in [1.165, 1.54) is 0 Å². The fourth-order valence-electron chi connectivity index (χ4n) is 3.33. The van der Waals surface area contributed by atoms with Gasteiger partial charge in [0, 0.05) is 26.7 Å². The van der Waals surface area contributed by atoms with Crippen molar-refractivity contribution in [2.24, 2.45) is 17.6 Å². The minimum atomic E-state index is -3.32. The number of piperidine rings is 2. The van der Waals surface area contributed by atoms with E-state index in [2.05, 4.69) is 11.9 Å². The van der Waals surface area contributed by atoms with Crippen LogP contribution in [0.5, 0.6) is 0 Å². The fourth-order valence-corrected chi connectivity index (χ4v) is 4.88. The van der Waals surface area contributed by atoms with Crippen molar-refractivity contribution in [2.75, 3.05) is 53.4 Å². The molecule has 6 nitrogen and oxygen atoms in total. The molecule has 124 valence electrons. The molecule has 0 aromatic carbocycles. The van der Waals surface area contributed by atoms with E-state index < -0.39 is 10.2 Å². The van der Waals surface area contributed by atoms with Crippen LogP contribution >= 0.6 is 0 Å². The maximum atomic E-state index is 12.7. The Labute approximate surface area is 129 Å². The van der Waals surface area contributed by atoms with Crippen molar-refractivity contribution in [1.29, 1.82) is 0 Å². The lowest BCUT2D eigenvalue weighted by Gasteiger charge is -2.36. The summed E-state index contributed by atoms with van der Waals surface area (Å²) in [5.74, 6) is 0.793. The SMILES string of the molecule is CN1CCC(CN(C)S(=O)(=O)N2CCCC(CN)C2)CC1. The third-order valence-corrected chi connectivity index (χ3v) is 6.81. The number of likely N-dealkylation sites (tertiary alicyclic amines) is 1. The molecule has 1 unspecified atom stereocenters. The smallest absolute Gasteiger partial charge is 0.281 e. The molecule has 1 atom stereocenters. The normalized spacial score (nSPS) is 27.3. The predicted octanol–water partition coefficient (Wildman–Crippen LogP) is 0.176. The summed E-state index contributed by atoms with van der Waals surface area (Å²) in [7, 11) is 0.524. The van der Waals surface area contributed by atoms with E-state index in [4.69, 9.17) is 5.73 Å². The van der Waals surface area contributed by atoms with Crippen LogP contribution in [0.15, 0.2) is 0 Å². The average molecular weight is 318 g/mol. The number of hydrogen-bond donors (Lipinski definition) is 1. The topological polar surface area (TPSA) is 69.9 Å². The second-order valence-electron chi connectivity index (χ2n) is 6.64. The van der Waals surface area contributed by atoms with Gasteiger partial charge in [-0.25, -0.2) is 0 Å². The first kappa shape index (κ1) is 17.1. The fraction of sp³-hybridized carbons (Fsp3) is 1.00. The van der Waals surface area contributed by atoms with E-state index >= 15 is 0 Å². The summed E-state index contributed by atoms with van der Waals surface area (Å²) < 4.78 is 28.6. The number of nitrogens with two attached hydrogens (primary N) is 1. The Kier molecular flexibility index (Phi) is 6.02. The summed E-state index contributed by atoms with van der Waals surface area (Å²) in [6.07, 6.45) is 4.13. The van der Waals surface area contributed by atoms with Crippen molar-refractivity contribution in [3.63, 3.8) is 0 Å². The van der Waals surface area contributed by atoms with Gasteiger partial charge in [-0.3, -0.25) is 0 Å².